The van der Waals surface area contributed by atoms with Crippen LogP contribution in [0.5, 0.6) is 0 Å². The zero-order valence-corrected chi connectivity index (χ0v) is 25.4. The summed E-state index contributed by atoms with van der Waals surface area (Å²) >= 11 is 0. The smallest absolute Gasteiger partial charge is 0.125 e. The van der Waals surface area contributed by atoms with Crippen molar-refractivity contribution < 1.29 is 9.84 Å². The number of ether oxygens (including phenoxy) is 1. The SMILES string of the molecule is C.CC(C)(C)CO.COCC(C)(C)C.Cc1cnc(C(C)(C)C)cn1.Cc1ncc(C(C)(C)C)cn1. The molecule has 0 aliphatic heterocycles. The molecule has 0 radical (unpaired) electrons. The molecule has 0 bridgehead atoms. The number of aliphatic hydroxyl groups excluding tert-OH is 1. The van der Waals surface area contributed by atoms with Gasteiger partial charge in [-0.3, -0.25) is 9.97 Å². The van der Waals surface area contributed by atoms with Gasteiger partial charge in [-0.05, 0) is 35.7 Å². The number of aryl methyl sites for hydroxylation is 2. The van der Waals surface area contributed by atoms with E-state index in [-0.39, 0.29) is 30.3 Å². The largest absolute Gasteiger partial charge is 0.396 e. The van der Waals surface area contributed by atoms with Crippen molar-refractivity contribution in [1.82, 2.24) is 19.9 Å². The number of aromatic nitrogens is 4. The van der Waals surface area contributed by atoms with E-state index in [1.165, 1.54) is 5.56 Å². The van der Waals surface area contributed by atoms with Gasteiger partial charge in [-0.2, -0.15) is 0 Å². The van der Waals surface area contributed by atoms with E-state index in [1.807, 2.05) is 53.2 Å². The number of hydrogen-bond donors (Lipinski definition) is 1. The first kappa shape index (κ1) is 38.6. The van der Waals surface area contributed by atoms with Crippen molar-refractivity contribution in [2.45, 2.75) is 115 Å². The highest BCUT2D eigenvalue weighted by Gasteiger charge is 2.15. The molecule has 6 heteroatoms. The summed E-state index contributed by atoms with van der Waals surface area (Å²) in [6.07, 6.45) is 7.43. The molecular weight excluding hydrogens is 448 g/mol. The second kappa shape index (κ2) is 16.8. The Kier molecular flexibility index (Phi) is 18.0. The molecule has 0 unspecified atom stereocenters. The zero-order chi connectivity index (χ0) is 28.1. The molecule has 36 heavy (non-hydrogen) atoms. The number of nitrogens with zero attached hydrogens (tertiary/aromatic N) is 4. The summed E-state index contributed by atoms with van der Waals surface area (Å²) in [5.74, 6) is 0.831. The predicted octanol–water partition coefficient (Wildman–Crippen LogP) is 7.50. The molecule has 0 saturated carbocycles. The van der Waals surface area contributed by atoms with Crippen molar-refractivity contribution in [3.05, 3.63) is 47.6 Å². The molecule has 1 N–H and O–H groups in total. The minimum absolute atomic E-state index is 0. The number of hydrogen-bond acceptors (Lipinski definition) is 6. The van der Waals surface area contributed by atoms with Crippen LogP contribution in [-0.4, -0.2) is 45.4 Å². The molecule has 0 amide bonds. The fourth-order valence-corrected chi connectivity index (χ4v) is 1.99. The molecule has 0 fully saturated rings. The lowest BCUT2D eigenvalue weighted by Gasteiger charge is -2.17. The van der Waals surface area contributed by atoms with Gasteiger partial charge in [0.25, 0.3) is 0 Å². The second-order valence-electron chi connectivity index (χ2n) is 13.3. The normalized spacial score (nSPS) is 11.4. The first-order valence-electron chi connectivity index (χ1n) is 12.3. The summed E-state index contributed by atoms with van der Waals surface area (Å²) < 4.78 is 4.91. The number of methoxy groups -OCH3 is 1. The molecule has 2 aromatic rings. The highest BCUT2D eigenvalue weighted by Crippen LogP contribution is 2.20. The maximum atomic E-state index is 8.40. The molecular formula is C30H58N4O2. The van der Waals surface area contributed by atoms with E-state index >= 15 is 0 Å². The van der Waals surface area contributed by atoms with Crippen molar-refractivity contribution in [1.29, 1.82) is 0 Å². The van der Waals surface area contributed by atoms with E-state index in [9.17, 15) is 0 Å². The predicted molar refractivity (Wildman–Crippen MR) is 156 cm³/mol. The Balaban J connectivity index is -0.000000414. The first-order chi connectivity index (χ1) is 15.6. The van der Waals surface area contributed by atoms with E-state index in [2.05, 4.69) is 82.2 Å². The summed E-state index contributed by atoms with van der Waals surface area (Å²) in [7, 11) is 1.73. The minimum atomic E-state index is 0. The van der Waals surface area contributed by atoms with Crippen molar-refractivity contribution in [2.75, 3.05) is 20.3 Å². The van der Waals surface area contributed by atoms with Crippen LogP contribution in [0.1, 0.15) is 113 Å². The third kappa shape index (κ3) is 22.5. The monoisotopic (exact) mass is 506 g/mol. The second-order valence-corrected chi connectivity index (χ2v) is 13.3. The van der Waals surface area contributed by atoms with Crippen LogP contribution in [0.4, 0.5) is 0 Å². The topological polar surface area (TPSA) is 81.0 Å². The minimum Gasteiger partial charge on any atom is -0.396 e. The van der Waals surface area contributed by atoms with E-state index < -0.39 is 0 Å². The van der Waals surface area contributed by atoms with Gasteiger partial charge in [0.05, 0.1) is 18.0 Å². The van der Waals surface area contributed by atoms with Crippen LogP contribution >= 0.6 is 0 Å². The third-order valence-electron chi connectivity index (χ3n) is 4.25. The molecule has 0 saturated heterocycles. The van der Waals surface area contributed by atoms with Crippen LogP contribution < -0.4 is 0 Å². The number of aliphatic hydroxyl groups is 1. The fourth-order valence-electron chi connectivity index (χ4n) is 1.99. The maximum absolute atomic E-state index is 8.40. The van der Waals surface area contributed by atoms with Crippen LogP contribution in [0.25, 0.3) is 0 Å². The van der Waals surface area contributed by atoms with Crippen LogP contribution in [0.2, 0.25) is 0 Å². The lowest BCUT2D eigenvalue weighted by Crippen LogP contribution is -2.13. The molecule has 210 valence electrons. The van der Waals surface area contributed by atoms with Crippen molar-refractivity contribution in [2.24, 2.45) is 10.8 Å². The lowest BCUT2D eigenvalue weighted by atomic mass is 9.89. The van der Waals surface area contributed by atoms with Crippen molar-refractivity contribution >= 4 is 0 Å². The molecule has 0 aliphatic rings. The van der Waals surface area contributed by atoms with Gasteiger partial charge in [0, 0.05) is 43.9 Å². The zero-order valence-electron chi connectivity index (χ0n) is 25.4. The van der Waals surface area contributed by atoms with Crippen LogP contribution in [0, 0.1) is 24.7 Å². The summed E-state index contributed by atoms with van der Waals surface area (Å²) in [4.78, 5) is 16.7. The first-order valence-corrected chi connectivity index (χ1v) is 12.3. The Morgan fingerprint density at radius 3 is 1.33 bits per heavy atom. The van der Waals surface area contributed by atoms with Gasteiger partial charge in [-0.25, -0.2) is 9.97 Å². The van der Waals surface area contributed by atoms with E-state index in [1.54, 1.807) is 13.3 Å². The summed E-state index contributed by atoms with van der Waals surface area (Å²) in [5, 5.41) is 8.40. The van der Waals surface area contributed by atoms with Crippen LogP contribution in [0.15, 0.2) is 24.8 Å². The molecule has 0 spiro atoms. The standard InChI is InChI=1S/2C9H14N2.C6H14O.C5H12O.CH4/c1-7-10-5-8(6-11-7)9(2,3)4;1-7-5-11-8(6-10-7)9(2,3)4;1-6(2,3)5-7-4;1-5(2,3)4-6;/h2*5-6H,1-4H3;5H2,1-4H3;6H,4H2,1-3H3;1H4. The molecule has 2 aromatic heterocycles. The Morgan fingerprint density at radius 1 is 0.667 bits per heavy atom. The third-order valence-corrected chi connectivity index (χ3v) is 4.25. The van der Waals surface area contributed by atoms with Gasteiger partial charge in [0.1, 0.15) is 5.82 Å². The van der Waals surface area contributed by atoms with Gasteiger partial charge in [0.2, 0.25) is 0 Å². The van der Waals surface area contributed by atoms with Gasteiger partial charge < -0.3 is 9.84 Å². The maximum Gasteiger partial charge on any atom is 0.125 e. The average Bonchev–Trinajstić information content (AvgIpc) is 2.67. The van der Waals surface area contributed by atoms with Crippen molar-refractivity contribution in [3.63, 3.8) is 0 Å². The summed E-state index contributed by atoms with van der Waals surface area (Å²) in [6.45, 7) is 30.2. The lowest BCUT2D eigenvalue weighted by molar-refractivity contribution is 0.116. The fraction of sp³-hybridized carbons (Fsp3) is 0.733. The van der Waals surface area contributed by atoms with Gasteiger partial charge in [-0.15, -0.1) is 0 Å². The van der Waals surface area contributed by atoms with Crippen LogP contribution in [-0.2, 0) is 15.6 Å². The Labute approximate surface area is 223 Å². The van der Waals surface area contributed by atoms with Gasteiger partial charge in [-0.1, -0.05) is 90.5 Å². The van der Waals surface area contributed by atoms with Gasteiger partial charge >= 0.3 is 0 Å². The number of rotatable bonds is 1. The molecule has 0 aliphatic carbocycles. The highest BCUT2D eigenvalue weighted by atomic mass is 16.5. The molecule has 2 rings (SSSR count). The van der Waals surface area contributed by atoms with Crippen molar-refractivity contribution in [3.8, 4) is 0 Å². The molecule has 6 nitrogen and oxygen atoms in total. The highest BCUT2D eigenvalue weighted by molar-refractivity contribution is 5.15. The molecule has 0 aromatic carbocycles. The van der Waals surface area contributed by atoms with E-state index in [0.717, 1.165) is 23.8 Å². The van der Waals surface area contributed by atoms with Gasteiger partial charge in [0.15, 0.2) is 0 Å². The van der Waals surface area contributed by atoms with Crippen LogP contribution in [0.3, 0.4) is 0 Å². The Bertz CT molecular complexity index is 734. The van der Waals surface area contributed by atoms with E-state index in [0.29, 0.717) is 5.41 Å². The summed E-state index contributed by atoms with van der Waals surface area (Å²) in [5.41, 5.74) is 3.90. The molecule has 2 heterocycles. The molecule has 0 atom stereocenters. The Hall–Kier alpha value is -1.92. The van der Waals surface area contributed by atoms with E-state index in [4.69, 9.17) is 9.84 Å². The average molecular weight is 507 g/mol. The Morgan fingerprint density at radius 2 is 1.11 bits per heavy atom. The quantitative estimate of drug-likeness (QED) is 0.431. The summed E-state index contributed by atoms with van der Waals surface area (Å²) in [6, 6.07) is 0.